The molecule has 6 nitrogen and oxygen atoms in total. The second-order valence-corrected chi connectivity index (χ2v) is 9.87. The molecule has 0 fully saturated rings. The van der Waals surface area contributed by atoms with Crippen LogP contribution in [0.4, 0.5) is 4.39 Å². The van der Waals surface area contributed by atoms with Crippen LogP contribution in [0.1, 0.15) is 43.0 Å². The smallest absolute Gasteiger partial charge is 0.335 e. The zero-order chi connectivity index (χ0) is 28.9. The quantitative estimate of drug-likeness (QED) is 0.196. The van der Waals surface area contributed by atoms with E-state index in [1.54, 1.807) is 60.7 Å². The van der Waals surface area contributed by atoms with Crippen molar-refractivity contribution in [3.05, 3.63) is 141 Å². The zero-order valence-corrected chi connectivity index (χ0v) is 22.4. The molecule has 0 aliphatic heterocycles. The molecule has 4 aromatic carbocycles. The highest BCUT2D eigenvalue weighted by Gasteiger charge is 2.13. The van der Waals surface area contributed by atoms with Crippen LogP contribution in [-0.2, 0) is 13.1 Å². The van der Waals surface area contributed by atoms with Crippen molar-refractivity contribution in [1.29, 1.82) is 5.26 Å². The fraction of sp³-hybridized carbons (Fsp3) is 0.0606. The molecule has 5 rings (SSSR count). The van der Waals surface area contributed by atoms with Crippen LogP contribution in [0, 0.1) is 17.1 Å². The van der Waals surface area contributed by atoms with Crippen LogP contribution in [-0.4, -0.2) is 21.6 Å². The van der Waals surface area contributed by atoms with Crippen molar-refractivity contribution < 1.29 is 19.1 Å². The molecule has 0 bridgehead atoms. The summed E-state index contributed by atoms with van der Waals surface area (Å²) in [4.78, 5) is 23.9. The maximum Gasteiger partial charge on any atom is 0.335 e. The summed E-state index contributed by atoms with van der Waals surface area (Å²) in [6.45, 7) is 0.710. The molecule has 0 aliphatic carbocycles. The van der Waals surface area contributed by atoms with E-state index in [4.69, 9.17) is 16.7 Å². The van der Waals surface area contributed by atoms with E-state index in [2.05, 4.69) is 11.4 Å². The van der Waals surface area contributed by atoms with Gasteiger partial charge in [0.05, 0.1) is 22.7 Å². The highest BCUT2D eigenvalue weighted by Crippen LogP contribution is 2.29. The summed E-state index contributed by atoms with van der Waals surface area (Å²) in [5.74, 6) is -1.64. The Bertz CT molecular complexity index is 1840. The van der Waals surface area contributed by atoms with Crippen LogP contribution in [0.3, 0.4) is 0 Å². The van der Waals surface area contributed by atoms with E-state index in [0.29, 0.717) is 28.3 Å². The Labute approximate surface area is 240 Å². The van der Waals surface area contributed by atoms with E-state index in [-0.39, 0.29) is 23.8 Å². The second kappa shape index (κ2) is 11.9. The molecule has 0 radical (unpaired) electrons. The molecule has 8 heteroatoms. The Morgan fingerprint density at radius 3 is 2.34 bits per heavy atom. The number of hydrogen-bond acceptors (Lipinski definition) is 3. The molecule has 0 atom stereocenters. The molecular formula is C33H23ClFN3O3. The van der Waals surface area contributed by atoms with Gasteiger partial charge in [0, 0.05) is 40.8 Å². The SMILES string of the molecule is N#CC(=Cc1cn(Cc2ccc(F)cc2)c2cc(Cl)ccc12)c1cccc(C(=O)NCc2ccc(C(=O)O)cc2)c1. The number of aromatic nitrogens is 1. The van der Waals surface area contributed by atoms with E-state index in [1.807, 2.05) is 22.9 Å². The summed E-state index contributed by atoms with van der Waals surface area (Å²) in [6, 6.07) is 27.1. The summed E-state index contributed by atoms with van der Waals surface area (Å²) in [7, 11) is 0. The third-order valence-electron chi connectivity index (χ3n) is 6.65. The number of amides is 1. The maximum absolute atomic E-state index is 13.4. The highest BCUT2D eigenvalue weighted by molar-refractivity contribution is 6.31. The minimum Gasteiger partial charge on any atom is -0.478 e. The Hall–Kier alpha value is -5.19. The predicted molar refractivity (Wildman–Crippen MR) is 157 cm³/mol. The van der Waals surface area contributed by atoms with Gasteiger partial charge < -0.3 is 15.0 Å². The van der Waals surface area contributed by atoms with E-state index in [0.717, 1.165) is 27.6 Å². The van der Waals surface area contributed by atoms with Crippen molar-refractivity contribution >= 4 is 46.0 Å². The summed E-state index contributed by atoms with van der Waals surface area (Å²) >= 11 is 6.29. The van der Waals surface area contributed by atoms with Crippen LogP contribution in [0.25, 0.3) is 22.6 Å². The lowest BCUT2D eigenvalue weighted by Gasteiger charge is -2.07. The first-order valence-corrected chi connectivity index (χ1v) is 13.0. The average molecular weight is 564 g/mol. The molecule has 0 spiro atoms. The van der Waals surface area contributed by atoms with Gasteiger partial charge >= 0.3 is 5.97 Å². The number of nitrogens with one attached hydrogen (secondary N) is 1. The van der Waals surface area contributed by atoms with Gasteiger partial charge in [-0.05, 0) is 71.3 Å². The lowest BCUT2D eigenvalue weighted by molar-refractivity contribution is 0.0696. The van der Waals surface area contributed by atoms with Crippen molar-refractivity contribution in [2.75, 3.05) is 0 Å². The number of benzene rings is 4. The van der Waals surface area contributed by atoms with E-state index in [9.17, 15) is 19.2 Å². The van der Waals surface area contributed by atoms with Crippen molar-refractivity contribution in [3.8, 4) is 6.07 Å². The van der Waals surface area contributed by atoms with Crippen LogP contribution in [0.2, 0.25) is 5.02 Å². The molecule has 0 aliphatic rings. The molecular weight excluding hydrogens is 541 g/mol. The van der Waals surface area contributed by atoms with Gasteiger partial charge in [-0.2, -0.15) is 5.26 Å². The number of rotatable bonds is 8. The second-order valence-electron chi connectivity index (χ2n) is 9.44. The van der Waals surface area contributed by atoms with E-state index < -0.39 is 5.97 Å². The number of carbonyl (C=O) groups is 2. The summed E-state index contributed by atoms with van der Waals surface area (Å²) in [5.41, 5.74) is 4.86. The first-order valence-electron chi connectivity index (χ1n) is 12.7. The van der Waals surface area contributed by atoms with Crippen molar-refractivity contribution in [2.45, 2.75) is 13.1 Å². The molecule has 5 aromatic rings. The summed E-state index contributed by atoms with van der Waals surface area (Å²) < 4.78 is 15.4. The first-order chi connectivity index (χ1) is 19.8. The number of halogens is 2. The molecule has 1 aromatic heterocycles. The lowest BCUT2D eigenvalue weighted by Crippen LogP contribution is -2.22. The van der Waals surface area contributed by atoms with Gasteiger partial charge in [0.25, 0.3) is 5.91 Å². The number of hydrogen-bond donors (Lipinski definition) is 2. The number of allylic oxidation sites excluding steroid dienone is 1. The number of nitrogens with zero attached hydrogens (tertiary/aromatic N) is 2. The number of nitriles is 1. The van der Waals surface area contributed by atoms with Crippen LogP contribution < -0.4 is 5.32 Å². The van der Waals surface area contributed by atoms with Crippen LogP contribution in [0.5, 0.6) is 0 Å². The van der Waals surface area contributed by atoms with Gasteiger partial charge in [-0.15, -0.1) is 0 Å². The van der Waals surface area contributed by atoms with E-state index in [1.165, 1.54) is 24.3 Å². The molecule has 2 N–H and O–H groups in total. The van der Waals surface area contributed by atoms with Crippen molar-refractivity contribution in [2.24, 2.45) is 0 Å². The van der Waals surface area contributed by atoms with Gasteiger partial charge in [0.1, 0.15) is 5.82 Å². The number of carboxylic acid groups (broad SMARTS) is 1. The van der Waals surface area contributed by atoms with Crippen molar-refractivity contribution in [1.82, 2.24) is 9.88 Å². The molecule has 41 heavy (non-hydrogen) atoms. The van der Waals surface area contributed by atoms with Gasteiger partial charge in [0.2, 0.25) is 0 Å². The van der Waals surface area contributed by atoms with Crippen LogP contribution in [0.15, 0.2) is 97.2 Å². The first kappa shape index (κ1) is 27.4. The largest absolute Gasteiger partial charge is 0.478 e. The molecule has 1 amide bonds. The number of carboxylic acids is 1. The van der Waals surface area contributed by atoms with Gasteiger partial charge in [-0.1, -0.05) is 54.1 Å². The Morgan fingerprint density at radius 1 is 0.927 bits per heavy atom. The summed E-state index contributed by atoms with van der Waals surface area (Å²) in [5, 5.41) is 23.4. The summed E-state index contributed by atoms with van der Waals surface area (Å²) in [6.07, 6.45) is 3.70. The fourth-order valence-corrected chi connectivity index (χ4v) is 4.71. The number of fused-ring (bicyclic) bond motifs is 1. The fourth-order valence-electron chi connectivity index (χ4n) is 4.54. The van der Waals surface area contributed by atoms with Gasteiger partial charge in [0.15, 0.2) is 0 Å². The maximum atomic E-state index is 13.4. The molecule has 0 saturated heterocycles. The van der Waals surface area contributed by atoms with Gasteiger partial charge in [-0.3, -0.25) is 4.79 Å². The predicted octanol–water partition coefficient (Wildman–Crippen LogP) is 7.17. The van der Waals surface area contributed by atoms with E-state index >= 15 is 0 Å². The lowest BCUT2D eigenvalue weighted by atomic mass is 10.0. The average Bonchev–Trinajstić information content (AvgIpc) is 3.31. The number of carbonyl (C=O) groups excluding carboxylic acids is 1. The third kappa shape index (κ3) is 6.35. The Balaban J connectivity index is 1.40. The normalized spacial score (nSPS) is 11.3. The molecule has 1 heterocycles. The molecule has 0 unspecified atom stereocenters. The molecule has 202 valence electrons. The Morgan fingerprint density at radius 2 is 1.63 bits per heavy atom. The minimum absolute atomic E-state index is 0.172. The highest BCUT2D eigenvalue weighted by atomic mass is 35.5. The van der Waals surface area contributed by atoms with Gasteiger partial charge in [-0.25, -0.2) is 9.18 Å². The minimum atomic E-state index is -1.01. The monoisotopic (exact) mass is 563 g/mol. The molecule has 0 saturated carbocycles. The number of aromatic carboxylic acids is 1. The zero-order valence-electron chi connectivity index (χ0n) is 21.6. The van der Waals surface area contributed by atoms with Crippen molar-refractivity contribution in [3.63, 3.8) is 0 Å². The topological polar surface area (TPSA) is 95.1 Å². The standard InChI is InChI=1S/C33H23ClFN3O3/c34-28-10-13-30-27(20-38(31(30)16-28)19-22-6-11-29(35)12-7-22)15-26(17-36)24-2-1-3-25(14-24)32(39)37-18-21-4-8-23(9-5-21)33(40)41/h1-16,20H,18-19H2,(H,37,39)(H,40,41). The Kier molecular flexibility index (Phi) is 7.95. The third-order valence-corrected chi connectivity index (χ3v) is 6.89. The van der Waals surface area contributed by atoms with Crippen LogP contribution >= 0.6 is 11.6 Å².